The maximum absolute atomic E-state index is 12.3. The van der Waals surface area contributed by atoms with Gasteiger partial charge in [-0.2, -0.15) is 0 Å². The van der Waals surface area contributed by atoms with Gasteiger partial charge in [0.25, 0.3) is 0 Å². The fraction of sp³-hybridized carbons (Fsp3) is 0.333. The number of ketones is 1. The zero-order valence-electron chi connectivity index (χ0n) is 11.7. The number of rotatable bonds is 4. The van der Waals surface area contributed by atoms with Crippen LogP contribution in [-0.2, 0) is 6.42 Å². The van der Waals surface area contributed by atoms with Crippen LogP contribution in [0, 0.1) is 13.8 Å². The molecule has 0 aliphatic rings. The highest BCUT2D eigenvalue weighted by Gasteiger charge is 2.12. The van der Waals surface area contributed by atoms with Crippen LogP contribution in [0.3, 0.4) is 0 Å². The van der Waals surface area contributed by atoms with Crippen molar-refractivity contribution in [1.82, 2.24) is 4.98 Å². The van der Waals surface area contributed by atoms with Gasteiger partial charge in [0.2, 0.25) is 0 Å². The number of carbonyl (C=O) groups excluding carboxylic acids is 1. The number of carbonyl (C=O) groups is 1. The zero-order valence-corrected chi connectivity index (χ0v) is 12.5. The summed E-state index contributed by atoms with van der Waals surface area (Å²) in [7, 11) is 3.94. The monoisotopic (exact) mass is 274 g/mol. The van der Waals surface area contributed by atoms with Crippen molar-refractivity contribution in [2.75, 3.05) is 19.0 Å². The van der Waals surface area contributed by atoms with Crippen LogP contribution in [0.2, 0.25) is 0 Å². The van der Waals surface area contributed by atoms with E-state index in [0.717, 1.165) is 22.0 Å². The van der Waals surface area contributed by atoms with Gasteiger partial charge in [-0.15, -0.1) is 11.3 Å². The first-order valence-electron chi connectivity index (χ1n) is 6.21. The summed E-state index contributed by atoms with van der Waals surface area (Å²) in [6.07, 6.45) is 0.385. The average Bonchev–Trinajstić information content (AvgIpc) is 2.68. The third kappa shape index (κ3) is 3.20. The number of hydrogen-bond acceptors (Lipinski definition) is 4. The molecule has 1 aromatic heterocycles. The van der Waals surface area contributed by atoms with Crippen molar-refractivity contribution < 1.29 is 4.79 Å². The number of aryl methyl sites for hydroxylation is 2. The van der Waals surface area contributed by atoms with Crippen molar-refractivity contribution in [3.8, 4) is 0 Å². The van der Waals surface area contributed by atoms with Gasteiger partial charge < -0.3 is 4.90 Å². The molecule has 1 aromatic carbocycles. The standard InChI is InChI=1S/C15H18N2OS/c1-10-11(2)19-15(16-10)9-14(18)12-6-5-7-13(8-12)17(3)4/h5-8H,9H2,1-4H3. The van der Waals surface area contributed by atoms with Crippen LogP contribution in [-0.4, -0.2) is 24.9 Å². The van der Waals surface area contributed by atoms with Crippen LogP contribution in [0.15, 0.2) is 24.3 Å². The maximum Gasteiger partial charge on any atom is 0.169 e. The molecule has 0 fully saturated rings. The van der Waals surface area contributed by atoms with Gasteiger partial charge in [0, 0.05) is 30.2 Å². The molecule has 0 aliphatic carbocycles. The van der Waals surface area contributed by atoms with Crippen molar-refractivity contribution >= 4 is 22.8 Å². The van der Waals surface area contributed by atoms with Crippen LogP contribution >= 0.6 is 11.3 Å². The lowest BCUT2D eigenvalue weighted by Crippen LogP contribution is -2.10. The molecule has 0 saturated heterocycles. The highest BCUT2D eigenvalue weighted by atomic mass is 32.1. The molecule has 3 nitrogen and oxygen atoms in total. The number of thiazole rings is 1. The number of anilines is 1. The third-order valence-electron chi connectivity index (χ3n) is 3.07. The molecule has 1 heterocycles. The topological polar surface area (TPSA) is 33.2 Å². The van der Waals surface area contributed by atoms with E-state index in [2.05, 4.69) is 4.98 Å². The van der Waals surface area contributed by atoms with Crippen LogP contribution in [0.4, 0.5) is 5.69 Å². The number of hydrogen-bond donors (Lipinski definition) is 0. The molecule has 0 saturated carbocycles. The predicted molar refractivity (Wildman–Crippen MR) is 80.4 cm³/mol. The maximum atomic E-state index is 12.3. The second kappa shape index (κ2) is 5.53. The van der Waals surface area contributed by atoms with Crippen LogP contribution < -0.4 is 4.90 Å². The molecule has 0 N–H and O–H groups in total. The van der Waals surface area contributed by atoms with Crippen LogP contribution in [0.5, 0.6) is 0 Å². The van der Waals surface area contributed by atoms with Crippen LogP contribution in [0.25, 0.3) is 0 Å². The minimum atomic E-state index is 0.123. The van der Waals surface area contributed by atoms with E-state index in [0.29, 0.717) is 6.42 Å². The number of nitrogens with zero attached hydrogens (tertiary/aromatic N) is 2. The van der Waals surface area contributed by atoms with Gasteiger partial charge in [0.1, 0.15) is 5.01 Å². The van der Waals surface area contributed by atoms with E-state index < -0.39 is 0 Å². The van der Waals surface area contributed by atoms with Gasteiger partial charge in [0.15, 0.2) is 5.78 Å². The second-order valence-electron chi connectivity index (χ2n) is 4.79. The molecule has 2 aromatic rings. The van der Waals surface area contributed by atoms with E-state index in [-0.39, 0.29) is 5.78 Å². The Kier molecular flexibility index (Phi) is 4.00. The first-order chi connectivity index (χ1) is 8.97. The number of Topliss-reactive ketones (excluding diaryl/α,β-unsaturated/α-hetero) is 1. The van der Waals surface area contributed by atoms with Crippen molar-refractivity contribution in [3.05, 3.63) is 45.4 Å². The molecule has 0 aliphatic heterocycles. The van der Waals surface area contributed by atoms with Crippen molar-refractivity contribution in [1.29, 1.82) is 0 Å². The Morgan fingerprint density at radius 3 is 2.63 bits per heavy atom. The number of aromatic nitrogens is 1. The van der Waals surface area contributed by atoms with Gasteiger partial charge in [-0.05, 0) is 26.0 Å². The Morgan fingerprint density at radius 1 is 1.32 bits per heavy atom. The van der Waals surface area contributed by atoms with E-state index in [1.54, 1.807) is 11.3 Å². The molecule has 0 atom stereocenters. The van der Waals surface area contributed by atoms with Gasteiger partial charge in [0.05, 0.1) is 12.1 Å². The SMILES string of the molecule is Cc1nc(CC(=O)c2cccc(N(C)C)c2)sc1C. The summed E-state index contributed by atoms with van der Waals surface area (Å²) in [6.45, 7) is 4.01. The van der Waals surface area contributed by atoms with Crippen molar-refractivity contribution in [2.45, 2.75) is 20.3 Å². The lowest BCUT2D eigenvalue weighted by atomic mass is 10.1. The Balaban J connectivity index is 2.18. The minimum Gasteiger partial charge on any atom is -0.378 e. The lowest BCUT2D eigenvalue weighted by molar-refractivity contribution is 0.0993. The van der Waals surface area contributed by atoms with Gasteiger partial charge in [-0.25, -0.2) is 4.98 Å². The molecule has 0 bridgehead atoms. The molecule has 4 heteroatoms. The molecule has 0 radical (unpaired) electrons. The Morgan fingerprint density at radius 2 is 2.05 bits per heavy atom. The highest BCUT2D eigenvalue weighted by Crippen LogP contribution is 2.20. The average molecular weight is 274 g/mol. The minimum absolute atomic E-state index is 0.123. The van der Waals surface area contributed by atoms with E-state index in [9.17, 15) is 4.79 Å². The first-order valence-corrected chi connectivity index (χ1v) is 7.02. The van der Waals surface area contributed by atoms with Crippen LogP contribution in [0.1, 0.15) is 25.9 Å². The second-order valence-corrected chi connectivity index (χ2v) is 6.08. The number of benzene rings is 1. The molecule has 2 rings (SSSR count). The first kappa shape index (κ1) is 13.7. The molecular formula is C15H18N2OS. The Labute approximate surface area is 117 Å². The Hall–Kier alpha value is -1.68. The molecule has 0 unspecified atom stereocenters. The van der Waals surface area contributed by atoms with E-state index in [1.807, 2.05) is 57.1 Å². The van der Waals surface area contributed by atoms with E-state index in [4.69, 9.17) is 0 Å². The molecular weight excluding hydrogens is 256 g/mol. The fourth-order valence-electron chi connectivity index (χ4n) is 1.81. The largest absolute Gasteiger partial charge is 0.378 e. The van der Waals surface area contributed by atoms with Gasteiger partial charge in [-0.1, -0.05) is 12.1 Å². The van der Waals surface area contributed by atoms with Gasteiger partial charge in [-0.3, -0.25) is 4.79 Å². The highest BCUT2D eigenvalue weighted by molar-refractivity contribution is 7.11. The van der Waals surface area contributed by atoms with E-state index in [1.165, 1.54) is 4.88 Å². The van der Waals surface area contributed by atoms with E-state index >= 15 is 0 Å². The fourth-order valence-corrected chi connectivity index (χ4v) is 2.74. The van der Waals surface area contributed by atoms with Crippen molar-refractivity contribution in [2.24, 2.45) is 0 Å². The molecule has 100 valence electrons. The summed E-state index contributed by atoms with van der Waals surface area (Å²) in [6, 6.07) is 7.70. The summed E-state index contributed by atoms with van der Waals surface area (Å²) in [4.78, 5) is 19.9. The zero-order chi connectivity index (χ0) is 14.0. The smallest absolute Gasteiger partial charge is 0.169 e. The van der Waals surface area contributed by atoms with Gasteiger partial charge >= 0.3 is 0 Å². The summed E-state index contributed by atoms with van der Waals surface area (Å²) in [5.41, 5.74) is 2.81. The van der Waals surface area contributed by atoms with Crippen molar-refractivity contribution in [3.63, 3.8) is 0 Å². The quantitative estimate of drug-likeness (QED) is 0.802. The summed E-state index contributed by atoms with van der Waals surface area (Å²) in [5.74, 6) is 0.123. The molecule has 19 heavy (non-hydrogen) atoms. The molecule has 0 amide bonds. The predicted octanol–water partition coefficient (Wildman–Crippen LogP) is 3.25. The lowest BCUT2D eigenvalue weighted by Gasteiger charge is -2.12. The Bertz CT molecular complexity index is 582. The summed E-state index contributed by atoms with van der Waals surface area (Å²) >= 11 is 1.61. The summed E-state index contributed by atoms with van der Waals surface area (Å²) < 4.78 is 0. The third-order valence-corrected chi connectivity index (χ3v) is 4.14. The molecule has 0 spiro atoms. The normalized spacial score (nSPS) is 10.5. The summed E-state index contributed by atoms with van der Waals surface area (Å²) in [5, 5.41) is 0.898.